The molecular formula is C8H13NOS. The molecule has 3 heteroatoms. The first-order valence-corrected chi connectivity index (χ1v) is 4.67. The number of hydrogen-bond donors (Lipinski definition) is 0. The second-order valence-corrected chi connectivity index (χ2v) is 3.36. The van der Waals surface area contributed by atoms with E-state index >= 15 is 0 Å². The summed E-state index contributed by atoms with van der Waals surface area (Å²) in [5.41, 5.74) is 1.06. The lowest BCUT2D eigenvalue weighted by molar-refractivity contribution is 0.182. The van der Waals surface area contributed by atoms with Crippen LogP contribution in [0.1, 0.15) is 24.0 Å². The van der Waals surface area contributed by atoms with E-state index in [1.807, 2.05) is 0 Å². The van der Waals surface area contributed by atoms with Gasteiger partial charge in [-0.05, 0) is 12.8 Å². The third-order valence-electron chi connectivity index (χ3n) is 1.36. The van der Waals surface area contributed by atoms with Gasteiger partial charge in [-0.15, -0.1) is 11.3 Å². The maximum Gasteiger partial charge on any atom is 0.0929 e. The lowest BCUT2D eigenvalue weighted by atomic mass is 10.3. The van der Waals surface area contributed by atoms with Crippen molar-refractivity contribution in [2.45, 2.75) is 26.4 Å². The lowest BCUT2D eigenvalue weighted by Crippen LogP contribution is -1.88. The first-order chi connectivity index (χ1) is 5.36. The predicted octanol–water partition coefficient (Wildman–Crippen LogP) is 2.24. The molecule has 0 saturated carbocycles. The Balaban J connectivity index is 2.51. The van der Waals surface area contributed by atoms with Crippen LogP contribution >= 0.6 is 11.3 Å². The molecule has 0 N–H and O–H groups in total. The number of nitrogens with zero attached hydrogens (tertiary/aromatic N) is 1. The van der Waals surface area contributed by atoms with Crippen molar-refractivity contribution >= 4 is 11.3 Å². The van der Waals surface area contributed by atoms with E-state index in [0.29, 0.717) is 6.61 Å². The van der Waals surface area contributed by atoms with E-state index < -0.39 is 0 Å². The van der Waals surface area contributed by atoms with Gasteiger partial charge in [-0.3, -0.25) is 0 Å². The Kier molecular flexibility index (Phi) is 3.52. The third kappa shape index (κ3) is 2.60. The zero-order valence-corrected chi connectivity index (χ0v) is 7.78. The van der Waals surface area contributed by atoms with Gasteiger partial charge in [0.1, 0.15) is 0 Å². The molecule has 2 nitrogen and oxygen atoms in total. The smallest absolute Gasteiger partial charge is 0.0929 e. The average Bonchev–Trinajstić information content (AvgIpc) is 2.38. The van der Waals surface area contributed by atoms with Crippen molar-refractivity contribution in [1.82, 2.24) is 4.98 Å². The molecule has 1 heterocycles. The maximum atomic E-state index is 4.96. The zero-order chi connectivity index (χ0) is 8.10. The van der Waals surface area contributed by atoms with Crippen molar-refractivity contribution in [3.8, 4) is 0 Å². The van der Waals surface area contributed by atoms with Gasteiger partial charge in [0.15, 0.2) is 0 Å². The number of hydrogen-bond acceptors (Lipinski definition) is 3. The summed E-state index contributed by atoms with van der Waals surface area (Å²) in [6.45, 7) is 2.80. The van der Waals surface area contributed by atoms with Crippen molar-refractivity contribution in [1.29, 1.82) is 0 Å². The molecule has 0 saturated heterocycles. The molecule has 0 atom stereocenters. The van der Waals surface area contributed by atoms with Gasteiger partial charge in [-0.2, -0.15) is 0 Å². The summed E-state index contributed by atoms with van der Waals surface area (Å²) in [6.07, 6.45) is 2.26. The van der Waals surface area contributed by atoms with Crippen LogP contribution in [0.15, 0.2) is 5.38 Å². The predicted molar refractivity (Wildman–Crippen MR) is 46.8 cm³/mol. The first kappa shape index (κ1) is 8.68. The molecule has 0 spiro atoms. The summed E-state index contributed by atoms with van der Waals surface area (Å²) in [6, 6.07) is 0. The van der Waals surface area contributed by atoms with Gasteiger partial charge in [-0.1, -0.05) is 6.92 Å². The number of thiazole rings is 1. The summed E-state index contributed by atoms with van der Waals surface area (Å²) >= 11 is 1.72. The Hall–Kier alpha value is -0.410. The van der Waals surface area contributed by atoms with Crippen LogP contribution in [0.2, 0.25) is 0 Å². The van der Waals surface area contributed by atoms with E-state index in [9.17, 15) is 0 Å². The molecule has 0 aliphatic carbocycles. The summed E-state index contributed by atoms with van der Waals surface area (Å²) in [7, 11) is 1.69. The SMILES string of the molecule is CCCc1nc(COC)cs1. The van der Waals surface area contributed by atoms with Gasteiger partial charge in [0.25, 0.3) is 0 Å². The van der Waals surface area contributed by atoms with Crippen LogP contribution in [0.3, 0.4) is 0 Å². The first-order valence-electron chi connectivity index (χ1n) is 3.79. The van der Waals surface area contributed by atoms with Gasteiger partial charge >= 0.3 is 0 Å². The molecule has 0 amide bonds. The lowest BCUT2D eigenvalue weighted by Gasteiger charge is -1.91. The molecule has 0 aromatic carbocycles. The third-order valence-corrected chi connectivity index (χ3v) is 2.31. The summed E-state index contributed by atoms with van der Waals surface area (Å²) in [5, 5.41) is 3.29. The molecule has 0 unspecified atom stereocenters. The molecule has 0 bridgehead atoms. The summed E-state index contributed by atoms with van der Waals surface area (Å²) in [5.74, 6) is 0. The van der Waals surface area contributed by atoms with Crippen LogP contribution in [0.25, 0.3) is 0 Å². The monoisotopic (exact) mass is 171 g/mol. The molecule has 11 heavy (non-hydrogen) atoms. The minimum atomic E-state index is 0.639. The molecule has 0 fully saturated rings. The van der Waals surface area contributed by atoms with Crippen molar-refractivity contribution in [2.75, 3.05) is 7.11 Å². The Morgan fingerprint density at radius 1 is 1.64 bits per heavy atom. The van der Waals surface area contributed by atoms with Crippen molar-refractivity contribution in [3.63, 3.8) is 0 Å². The molecular weight excluding hydrogens is 158 g/mol. The van der Waals surface area contributed by atoms with E-state index in [1.54, 1.807) is 18.4 Å². The zero-order valence-electron chi connectivity index (χ0n) is 6.96. The molecule has 1 rings (SSSR count). The van der Waals surface area contributed by atoms with Gasteiger partial charge in [-0.25, -0.2) is 4.98 Å². The van der Waals surface area contributed by atoms with Gasteiger partial charge < -0.3 is 4.74 Å². The quantitative estimate of drug-likeness (QED) is 0.693. The van der Waals surface area contributed by atoms with Crippen molar-refractivity contribution < 1.29 is 4.74 Å². The van der Waals surface area contributed by atoms with Crippen LogP contribution in [-0.2, 0) is 17.8 Å². The second-order valence-electron chi connectivity index (χ2n) is 2.42. The largest absolute Gasteiger partial charge is 0.378 e. The normalized spacial score (nSPS) is 10.4. The molecule has 0 aliphatic heterocycles. The van der Waals surface area contributed by atoms with Crippen LogP contribution in [0.5, 0.6) is 0 Å². The molecule has 0 radical (unpaired) electrons. The van der Waals surface area contributed by atoms with E-state index in [1.165, 1.54) is 11.4 Å². The highest BCUT2D eigenvalue weighted by Crippen LogP contribution is 2.11. The highest BCUT2D eigenvalue weighted by Gasteiger charge is 1.99. The standard InChI is InChI=1S/C8H13NOS/c1-3-4-8-9-7(5-10-2)6-11-8/h6H,3-5H2,1-2H3. The van der Waals surface area contributed by atoms with E-state index in [0.717, 1.165) is 12.1 Å². The van der Waals surface area contributed by atoms with Crippen molar-refractivity contribution in [3.05, 3.63) is 16.1 Å². The van der Waals surface area contributed by atoms with Gasteiger partial charge in [0, 0.05) is 12.5 Å². The topological polar surface area (TPSA) is 22.1 Å². The van der Waals surface area contributed by atoms with Crippen LogP contribution in [0, 0.1) is 0 Å². The molecule has 62 valence electrons. The number of rotatable bonds is 4. The molecule has 0 aliphatic rings. The number of aryl methyl sites for hydroxylation is 1. The number of methoxy groups -OCH3 is 1. The van der Waals surface area contributed by atoms with Gasteiger partial charge in [0.05, 0.1) is 17.3 Å². The molecule has 1 aromatic heterocycles. The van der Waals surface area contributed by atoms with Gasteiger partial charge in [0.2, 0.25) is 0 Å². The second kappa shape index (κ2) is 4.46. The van der Waals surface area contributed by atoms with E-state index in [-0.39, 0.29) is 0 Å². The Bertz CT molecular complexity index is 189. The Labute approximate surface area is 71.2 Å². The average molecular weight is 171 g/mol. The van der Waals surface area contributed by atoms with E-state index in [2.05, 4.69) is 17.3 Å². The summed E-state index contributed by atoms with van der Waals surface area (Å²) < 4.78 is 4.96. The fourth-order valence-corrected chi connectivity index (χ4v) is 1.78. The van der Waals surface area contributed by atoms with E-state index in [4.69, 9.17) is 4.74 Å². The maximum absolute atomic E-state index is 4.96. The van der Waals surface area contributed by atoms with Crippen LogP contribution in [0.4, 0.5) is 0 Å². The fourth-order valence-electron chi connectivity index (χ4n) is 0.892. The minimum Gasteiger partial charge on any atom is -0.378 e. The summed E-state index contributed by atoms with van der Waals surface area (Å²) in [4.78, 5) is 4.38. The van der Waals surface area contributed by atoms with Crippen molar-refractivity contribution in [2.24, 2.45) is 0 Å². The van der Waals surface area contributed by atoms with Crippen LogP contribution in [-0.4, -0.2) is 12.1 Å². The Morgan fingerprint density at radius 2 is 2.45 bits per heavy atom. The molecule has 1 aromatic rings. The number of ether oxygens (including phenoxy) is 1. The highest BCUT2D eigenvalue weighted by atomic mass is 32.1. The Morgan fingerprint density at radius 3 is 3.09 bits per heavy atom. The number of aromatic nitrogens is 1. The fraction of sp³-hybridized carbons (Fsp3) is 0.625. The van der Waals surface area contributed by atoms with Crippen LogP contribution < -0.4 is 0 Å². The minimum absolute atomic E-state index is 0.639. The highest BCUT2D eigenvalue weighted by molar-refractivity contribution is 7.09.